The molecule has 2 aromatic heterocycles. The second-order valence-corrected chi connectivity index (χ2v) is 5.69. The monoisotopic (exact) mass is 352 g/mol. The number of hydrogen-bond donors (Lipinski definition) is 3. The first-order valence-electron chi connectivity index (χ1n) is 7.56. The number of nitrogens with zero attached hydrogens (tertiary/aromatic N) is 2. The molecule has 2 aromatic carbocycles. The van der Waals surface area contributed by atoms with Crippen LogP contribution in [0.25, 0.3) is 33.1 Å². The molecule has 0 unspecified atom stereocenters. The van der Waals surface area contributed by atoms with Crippen LogP contribution in [0.3, 0.4) is 0 Å². The molecule has 0 bridgehead atoms. The molecule has 130 valence electrons. The SMILES string of the molecule is COc1ccc2[nH]c(-c3c(O)[nH]c4ccc([N+](=O)[O-])cc34)c(N=O)c2c1. The fourth-order valence-corrected chi connectivity index (χ4v) is 3.09. The Balaban J connectivity index is 2.06. The smallest absolute Gasteiger partial charge is 0.270 e. The number of ether oxygens (including phenoxy) is 1. The number of methoxy groups -OCH3 is 1. The molecular weight excluding hydrogens is 340 g/mol. The molecule has 9 heteroatoms. The van der Waals surface area contributed by atoms with Crippen LogP contribution in [0, 0.1) is 15.0 Å². The average molecular weight is 352 g/mol. The zero-order valence-electron chi connectivity index (χ0n) is 13.4. The second-order valence-electron chi connectivity index (χ2n) is 5.69. The molecule has 0 fully saturated rings. The Morgan fingerprint density at radius 3 is 2.54 bits per heavy atom. The Bertz CT molecular complexity index is 1190. The molecule has 4 aromatic rings. The van der Waals surface area contributed by atoms with E-state index in [1.54, 1.807) is 18.2 Å². The normalized spacial score (nSPS) is 11.1. The zero-order chi connectivity index (χ0) is 18.4. The minimum atomic E-state index is -0.526. The Labute approximate surface area is 145 Å². The van der Waals surface area contributed by atoms with E-state index >= 15 is 0 Å². The fraction of sp³-hybridized carbons (Fsp3) is 0.0588. The van der Waals surface area contributed by atoms with Gasteiger partial charge in [0.2, 0.25) is 0 Å². The Hall–Kier alpha value is -3.88. The van der Waals surface area contributed by atoms with Crippen molar-refractivity contribution < 1.29 is 14.8 Å². The van der Waals surface area contributed by atoms with Gasteiger partial charge < -0.3 is 19.8 Å². The van der Waals surface area contributed by atoms with E-state index in [0.29, 0.717) is 27.6 Å². The van der Waals surface area contributed by atoms with Crippen LogP contribution in [0.1, 0.15) is 0 Å². The largest absolute Gasteiger partial charge is 0.497 e. The van der Waals surface area contributed by atoms with Gasteiger partial charge in [-0.3, -0.25) is 10.1 Å². The van der Waals surface area contributed by atoms with E-state index in [2.05, 4.69) is 15.1 Å². The van der Waals surface area contributed by atoms with Gasteiger partial charge >= 0.3 is 0 Å². The summed E-state index contributed by atoms with van der Waals surface area (Å²) in [6.45, 7) is 0. The third-order valence-electron chi connectivity index (χ3n) is 4.29. The molecule has 0 aliphatic rings. The molecule has 0 spiro atoms. The van der Waals surface area contributed by atoms with Gasteiger partial charge in [0.05, 0.1) is 23.3 Å². The molecule has 9 nitrogen and oxygen atoms in total. The van der Waals surface area contributed by atoms with E-state index in [4.69, 9.17) is 4.74 Å². The van der Waals surface area contributed by atoms with Crippen LogP contribution in [-0.4, -0.2) is 27.1 Å². The first-order valence-corrected chi connectivity index (χ1v) is 7.56. The minimum absolute atomic E-state index is 0.0848. The number of aromatic hydroxyl groups is 1. The molecule has 0 saturated carbocycles. The predicted octanol–water partition coefficient (Wildman–Crippen LogP) is 4.34. The Morgan fingerprint density at radius 1 is 1.12 bits per heavy atom. The van der Waals surface area contributed by atoms with Gasteiger partial charge in [0.1, 0.15) is 11.4 Å². The Kier molecular flexibility index (Phi) is 3.36. The zero-order valence-corrected chi connectivity index (χ0v) is 13.4. The minimum Gasteiger partial charge on any atom is -0.497 e. The van der Waals surface area contributed by atoms with Gasteiger partial charge in [-0.1, -0.05) is 0 Å². The second kappa shape index (κ2) is 5.59. The number of nitroso groups, excluding NO2 is 1. The third-order valence-corrected chi connectivity index (χ3v) is 4.29. The maximum Gasteiger partial charge on any atom is 0.270 e. The molecule has 0 radical (unpaired) electrons. The van der Waals surface area contributed by atoms with Gasteiger partial charge in [0, 0.05) is 33.9 Å². The number of aromatic amines is 2. The lowest BCUT2D eigenvalue weighted by molar-refractivity contribution is -0.384. The van der Waals surface area contributed by atoms with Crippen molar-refractivity contribution in [3.8, 4) is 22.9 Å². The average Bonchev–Trinajstić information content (AvgIpc) is 3.15. The molecule has 0 amide bonds. The lowest BCUT2D eigenvalue weighted by Gasteiger charge is -1.99. The summed E-state index contributed by atoms with van der Waals surface area (Å²) in [6.07, 6.45) is 0. The number of nitro groups is 1. The number of non-ortho nitro benzene ring substituents is 1. The van der Waals surface area contributed by atoms with Crippen molar-refractivity contribution in [2.75, 3.05) is 7.11 Å². The molecule has 26 heavy (non-hydrogen) atoms. The highest BCUT2D eigenvalue weighted by Gasteiger charge is 2.23. The van der Waals surface area contributed by atoms with Crippen molar-refractivity contribution in [1.82, 2.24) is 9.97 Å². The molecule has 0 aliphatic carbocycles. The molecule has 0 atom stereocenters. The van der Waals surface area contributed by atoms with Gasteiger partial charge in [-0.2, -0.15) is 0 Å². The number of nitrogens with one attached hydrogen (secondary N) is 2. The van der Waals surface area contributed by atoms with Crippen LogP contribution < -0.4 is 4.74 Å². The van der Waals surface area contributed by atoms with Gasteiger partial charge in [-0.15, -0.1) is 4.91 Å². The molecule has 0 saturated heterocycles. The van der Waals surface area contributed by atoms with Crippen LogP contribution >= 0.6 is 0 Å². The van der Waals surface area contributed by atoms with E-state index in [9.17, 15) is 20.1 Å². The standard InChI is InChI=1S/C17H12N4O5/c1-26-9-3-5-13-11(7-9)15(20-23)16(18-13)14-10-6-8(21(24)25)2-4-12(10)19-17(14)22/h2-7,18-19,22H,1H3. The number of fused-ring (bicyclic) bond motifs is 2. The highest BCUT2D eigenvalue weighted by atomic mass is 16.6. The van der Waals surface area contributed by atoms with Crippen LogP contribution in [0.15, 0.2) is 41.6 Å². The summed E-state index contributed by atoms with van der Waals surface area (Å²) in [5.74, 6) is 0.329. The molecule has 4 rings (SSSR count). The quantitative estimate of drug-likeness (QED) is 0.285. The lowest BCUT2D eigenvalue weighted by atomic mass is 10.1. The van der Waals surface area contributed by atoms with Crippen molar-refractivity contribution >= 4 is 33.2 Å². The van der Waals surface area contributed by atoms with Gasteiger partial charge in [-0.25, -0.2) is 0 Å². The van der Waals surface area contributed by atoms with E-state index in [0.717, 1.165) is 0 Å². The van der Waals surface area contributed by atoms with Gasteiger partial charge in [-0.05, 0) is 29.4 Å². The van der Waals surface area contributed by atoms with E-state index in [-0.39, 0.29) is 28.5 Å². The van der Waals surface area contributed by atoms with E-state index in [1.165, 1.54) is 25.3 Å². The summed E-state index contributed by atoms with van der Waals surface area (Å²) in [4.78, 5) is 27.9. The summed E-state index contributed by atoms with van der Waals surface area (Å²) in [7, 11) is 1.51. The van der Waals surface area contributed by atoms with Crippen molar-refractivity contribution in [3.63, 3.8) is 0 Å². The summed E-state index contributed by atoms with van der Waals surface area (Å²) in [6, 6.07) is 9.26. The van der Waals surface area contributed by atoms with Crippen LogP contribution in [0.5, 0.6) is 11.6 Å². The van der Waals surface area contributed by atoms with Crippen molar-refractivity contribution in [1.29, 1.82) is 0 Å². The summed E-state index contributed by atoms with van der Waals surface area (Å²) < 4.78 is 5.17. The fourth-order valence-electron chi connectivity index (χ4n) is 3.09. The number of benzene rings is 2. The maximum absolute atomic E-state index is 11.5. The predicted molar refractivity (Wildman–Crippen MR) is 95.9 cm³/mol. The molecular formula is C17H12N4O5. The van der Waals surface area contributed by atoms with E-state index < -0.39 is 4.92 Å². The van der Waals surface area contributed by atoms with Gasteiger partial charge in [0.25, 0.3) is 5.69 Å². The summed E-state index contributed by atoms with van der Waals surface area (Å²) >= 11 is 0. The van der Waals surface area contributed by atoms with Gasteiger partial charge in [0.15, 0.2) is 5.88 Å². The highest BCUT2D eigenvalue weighted by molar-refractivity contribution is 6.08. The highest BCUT2D eigenvalue weighted by Crippen LogP contribution is 2.45. The number of H-pyrrole nitrogens is 2. The van der Waals surface area contributed by atoms with Crippen molar-refractivity contribution in [3.05, 3.63) is 51.4 Å². The number of aromatic nitrogens is 2. The number of hydrogen-bond acceptors (Lipinski definition) is 6. The van der Waals surface area contributed by atoms with Crippen LogP contribution in [0.2, 0.25) is 0 Å². The first kappa shape index (κ1) is 15.6. The van der Waals surface area contributed by atoms with Crippen LogP contribution in [0.4, 0.5) is 11.4 Å². The molecule has 2 heterocycles. The Morgan fingerprint density at radius 2 is 1.85 bits per heavy atom. The number of nitro benzene ring substituents is 1. The lowest BCUT2D eigenvalue weighted by Crippen LogP contribution is -1.87. The third kappa shape index (κ3) is 2.18. The van der Waals surface area contributed by atoms with Crippen LogP contribution in [-0.2, 0) is 0 Å². The van der Waals surface area contributed by atoms with E-state index in [1.807, 2.05) is 0 Å². The molecule has 3 N–H and O–H groups in total. The van der Waals surface area contributed by atoms with Crippen molar-refractivity contribution in [2.24, 2.45) is 5.18 Å². The molecule has 0 aliphatic heterocycles. The number of rotatable bonds is 4. The van der Waals surface area contributed by atoms with Crippen molar-refractivity contribution in [2.45, 2.75) is 0 Å². The summed E-state index contributed by atoms with van der Waals surface area (Å²) in [5.41, 5.74) is 1.59. The topological polar surface area (TPSA) is 134 Å². The maximum atomic E-state index is 11.5. The summed E-state index contributed by atoms with van der Waals surface area (Å²) in [5, 5.41) is 25.5. The first-order chi connectivity index (χ1) is 12.5.